The summed E-state index contributed by atoms with van der Waals surface area (Å²) in [6.45, 7) is 7.30. The highest BCUT2D eigenvalue weighted by atomic mass is 16.5. The van der Waals surface area contributed by atoms with Gasteiger partial charge in [-0.05, 0) is 67.4 Å². The molecule has 0 saturated heterocycles. The number of hydrogen-bond acceptors (Lipinski definition) is 6. The number of para-hydroxylation sites is 1. The van der Waals surface area contributed by atoms with E-state index in [0.717, 1.165) is 22.3 Å². The van der Waals surface area contributed by atoms with Crippen LogP contribution in [-0.2, 0) is 22.4 Å². The molecule has 1 aliphatic heterocycles. The highest BCUT2D eigenvalue weighted by Crippen LogP contribution is 2.22. The molecule has 0 bridgehead atoms. The molecule has 0 aliphatic carbocycles. The summed E-state index contributed by atoms with van der Waals surface area (Å²) in [5, 5.41) is 30.0. The van der Waals surface area contributed by atoms with E-state index in [1.807, 2.05) is 107 Å². The molecule has 4 amide bonds. The number of aryl methyl sites for hydroxylation is 2. The van der Waals surface area contributed by atoms with Crippen LogP contribution in [0.4, 0.5) is 4.79 Å². The van der Waals surface area contributed by atoms with E-state index in [1.165, 1.54) is 17.2 Å². The molecule has 0 fully saturated rings. The van der Waals surface area contributed by atoms with Crippen LogP contribution in [0.1, 0.15) is 42.5 Å². The van der Waals surface area contributed by atoms with Crippen LogP contribution in [0, 0.1) is 19.8 Å². The third-order valence-electron chi connectivity index (χ3n) is 8.20. The number of ether oxygens (including phenoxy) is 1. The Morgan fingerprint density at radius 3 is 2.06 bits per heavy atom. The summed E-state index contributed by atoms with van der Waals surface area (Å²) in [5.74, 6) is -0.374. The van der Waals surface area contributed by atoms with Crippen molar-refractivity contribution in [3.05, 3.63) is 113 Å². The zero-order chi connectivity index (χ0) is 33.9. The fraction of sp³-hybridized carbons (Fsp3) is 0.378. The molecule has 5 unspecified atom stereocenters. The zero-order valence-corrected chi connectivity index (χ0v) is 27.4. The highest BCUT2D eigenvalue weighted by Gasteiger charge is 2.35. The standard InChI is InChI=1S/C37H46N4O6/c1-24(2)34(41-19-18-32(43)40-37(41)46)36(45)38-29(20-27-14-7-5-8-15-27)22-31(42)30(21-28-16-9-6-10-17-28)39-33(44)23-47-35-25(3)12-11-13-26(35)4/h5-19,24,29-32,34,42-43H,20-23H2,1-4H3,(H,38,45)(H,39,44)(H,40,46). The van der Waals surface area contributed by atoms with E-state index >= 15 is 0 Å². The minimum atomic E-state index is -1.13. The Hall–Kier alpha value is -4.67. The van der Waals surface area contributed by atoms with E-state index in [1.54, 1.807) is 0 Å². The average molecular weight is 643 g/mol. The summed E-state index contributed by atoms with van der Waals surface area (Å²) >= 11 is 0. The van der Waals surface area contributed by atoms with Gasteiger partial charge in [0.05, 0.1) is 12.1 Å². The lowest BCUT2D eigenvalue weighted by Gasteiger charge is -2.35. The van der Waals surface area contributed by atoms with E-state index in [-0.39, 0.29) is 24.9 Å². The minimum absolute atomic E-state index is 0.127. The summed E-state index contributed by atoms with van der Waals surface area (Å²) in [4.78, 5) is 41.0. The Morgan fingerprint density at radius 1 is 0.894 bits per heavy atom. The number of carbonyl (C=O) groups excluding carboxylic acids is 3. The van der Waals surface area contributed by atoms with Crippen molar-refractivity contribution >= 4 is 17.8 Å². The SMILES string of the molecule is Cc1cccc(C)c1OCC(=O)NC(Cc1ccccc1)C(O)CC(Cc1ccccc1)NC(=O)C(C(C)C)N1C=CC(O)NC1=O. The number of nitrogens with one attached hydrogen (secondary N) is 3. The van der Waals surface area contributed by atoms with Crippen LogP contribution in [-0.4, -0.2) is 70.0 Å². The fourth-order valence-corrected chi connectivity index (χ4v) is 5.86. The number of aliphatic hydroxyl groups is 2. The monoisotopic (exact) mass is 642 g/mol. The third kappa shape index (κ3) is 10.2. The lowest BCUT2D eigenvalue weighted by molar-refractivity contribution is -0.128. The second-order valence-corrected chi connectivity index (χ2v) is 12.4. The van der Waals surface area contributed by atoms with Crippen molar-refractivity contribution in [1.29, 1.82) is 0 Å². The quantitative estimate of drug-likeness (QED) is 0.171. The molecular weight excluding hydrogens is 596 g/mol. The number of amides is 4. The lowest BCUT2D eigenvalue weighted by Crippen LogP contribution is -2.58. The number of aliphatic hydroxyl groups excluding tert-OH is 2. The number of hydrogen-bond donors (Lipinski definition) is 5. The second kappa shape index (κ2) is 16.8. The van der Waals surface area contributed by atoms with Crippen molar-refractivity contribution in [3.8, 4) is 5.75 Å². The lowest BCUT2D eigenvalue weighted by atomic mass is 9.92. The highest BCUT2D eigenvalue weighted by molar-refractivity contribution is 5.88. The molecule has 4 rings (SSSR count). The van der Waals surface area contributed by atoms with Crippen molar-refractivity contribution in [2.45, 2.75) is 77.4 Å². The maximum absolute atomic E-state index is 13.8. The summed E-state index contributed by atoms with van der Waals surface area (Å²) < 4.78 is 5.89. The van der Waals surface area contributed by atoms with Crippen LogP contribution in [0.25, 0.3) is 0 Å². The van der Waals surface area contributed by atoms with Gasteiger partial charge in [0.1, 0.15) is 18.0 Å². The first kappa shape index (κ1) is 35.2. The first-order chi connectivity index (χ1) is 22.5. The van der Waals surface area contributed by atoms with Crippen molar-refractivity contribution in [2.24, 2.45) is 5.92 Å². The van der Waals surface area contributed by atoms with Gasteiger partial charge in [-0.1, -0.05) is 92.7 Å². The topological polar surface area (TPSA) is 140 Å². The molecule has 0 saturated carbocycles. The number of rotatable bonds is 15. The fourth-order valence-electron chi connectivity index (χ4n) is 5.86. The number of urea groups is 1. The summed E-state index contributed by atoms with van der Waals surface area (Å²) in [6.07, 6.45) is 1.55. The van der Waals surface area contributed by atoms with Gasteiger partial charge in [-0.2, -0.15) is 0 Å². The molecule has 10 nitrogen and oxygen atoms in total. The molecule has 0 spiro atoms. The molecule has 1 aliphatic rings. The van der Waals surface area contributed by atoms with Crippen LogP contribution in [0.2, 0.25) is 0 Å². The van der Waals surface area contributed by atoms with Gasteiger partial charge in [0, 0.05) is 12.2 Å². The largest absolute Gasteiger partial charge is 0.483 e. The van der Waals surface area contributed by atoms with Crippen molar-refractivity contribution in [2.75, 3.05) is 6.61 Å². The van der Waals surface area contributed by atoms with Crippen LogP contribution < -0.4 is 20.7 Å². The van der Waals surface area contributed by atoms with Crippen molar-refractivity contribution < 1.29 is 29.3 Å². The Balaban J connectivity index is 1.53. The normalized spacial score (nSPS) is 17.0. The van der Waals surface area contributed by atoms with Gasteiger partial charge in [-0.15, -0.1) is 0 Å². The van der Waals surface area contributed by atoms with Gasteiger partial charge in [0.25, 0.3) is 5.91 Å². The molecule has 0 radical (unpaired) electrons. The molecule has 5 N–H and O–H groups in total. The van der Waals surface area contributed by atoms with Gasteiger partial charge < -0.3 is 30.9 Å². The predicted molar refractivity (Wildman–Crippen MR) is 180 cm³/mol. The van der Waals surface area contributed by atoms with E-state index in [2.05, 4.69) is 16.0 Å². The molecule has 47 heavy (non-hydrogen) atoms. The predicted octanol–water partition coefficient (Wildman–Crippen LogP) is 3.77. The molecule has 250 valence electrons. The maximum Gasteiger partial charge on any atom is 0.324 e. The molecule has 1 heterocycles. The van der Waals surface area contributed by atoms with Crippen LogP contribution in [0.5, 0.6) is 5.75 Å². The van der Waals surface area contributed by atoms with E-state index in [0.29, 0.717) is 18.6 Å². The molecule has 5 atom stereocenters. The van der Waals surface area contributed by atoms with Crippen molar-refractivity contribution in [3.63, 3.8) is 0 Å². The number of carbonyl (C=O) groups is 3. The van der Waals surface area contributed by atoms with Gasteiger partial charge in [0.15, 0.2) is 6.61 Å². The van der Waals surface area contributed by atoms with E-state index in [4.69, 9.17) is 4.74 Å². The molecule has 3 aromatic carbocycles. The van der Waals surface area contributed by atoms with Gasteiger partial charge in [-0.25, -0.2) is 4.79 Å². The van der Waals surface area contributed by atoms with Gasteiger partial charge >= 0.3 is 6.03 Å². The summed E-state index contributed by atoms with van der Waals surface area (Å²) in [6, 6.07) is 22.3. The molecule has 10 heteroatoms. The first-order valence-electron chi connectivity index (χ1n) is 16.0. The van der Waals surface area contributed by atoms with E-state index in [9.17, 15) is 24.6 Å². The smallest absolute Gasteiger partial charge is 0.324 e. The Labute approximate surface area is 276 Å². The van der Waals surface area contributed by atoms with Gasteiger partial charge in [-0.3, -0.25) is 14.5 Å². The Kier molecular flexibility index (Phi) is 12.5. The number of nitrogens with zero attached hydrogens (tertiary/aromatic N) is 1. The first-order valence-corrected chi connectivity index (χ1v) is 16.0. The maximum atomic E-state index is 13.8. The average Bonchev–Trinajstić information content (AvgIpc) is 3.02. The third-order valence-corrected chi connectivity index (χ3v) is 8.20. The van der Waals surface area contributed by atoms with Crippen molar-refractivity contribution in [1.82, 2.24) is 20.9 Å². The number of benzene rings is 3. The summed E-state index contributed by atoms with van der Waals surface area (Å²) in [7, 11) is 0. The Morgan fingerprint density at radius 2 is 1.49 bits per heavy atom. The Bertz CT molecular complexity index is 1490. The second-order valence-electron chi connectivity index (χ2n) is 12.4. The zero-order valence-electron chi connectivity index (χ0n) is 27.4. The summed E-state index contributed by atoms with van der Waals surface area (Å²) in [5.41, 5.74) is 3.73. The van der Waals surface area contributed by atoms with Crippen LogP contribution >= 0.6 is 0 Å². The molecule has 0 aromatic heterocycles. The molecular formula is C37H46N4O6. The van der Waals surface area contributed by atoms with E-state index < -0.39 is 42.4 Å². The van der Waals surface area contributed by atoms with Gasteiger partial charge in [0.2, 0.25) is 5.91 Å². The van der Waals surface area contributed by atoms with Crippen LogP contribution in [0.3, 0.4) is 0 Å². The minimum Gasteiger partial charge on any atom is -0.483 e. The molecule has 3 aromatic rings. The van der Waals surface area contributed by atoms with Crippen LogP contribution in [0.15, 0.2) is 91.1 Å².